The molecule has 98 valence electrons. The smallest absolute Gasteiger partial charge is 0.216 e. The van der Waals surface area contributed by atoms with Crippen LogP contribution in [0.25, 0.3) is 0 Å². The molecule has 1 rings (SSSR count). The van der Waals surface area contributed by atoms with Crippen molar-refractivity contribution in [3.8, 4) is 12.3 Å². The molecule has 0 aromatic rings. The summed E-state index contributed by atoms with van der Waals surface area (Å²) in [4.78, 5) is 0. The van der Waals surface area contributed by atoms with E-state index in [0.29, 0.717) is 32.2 Å². The van der Waals surface area contributed by atoms with Crippen LogP contribution in [-0.2, 0) is 14.8 Å². The van der Waals surface area contributed by atoms with Crippen LogP contribution in [0, 0.1) is 18.3 Å². The fraction of sp³-hybridized carbons (Fsp3) is 0.833. The number of ether oxygens (including phenoxy) is 1. The Morgan fingerprint density at radius 2 is 2.00 bits per heavy atom. The van der Waals surface area contributed by atoms with Crippen molar-refractivity contribution in [3.05, 3.63) is 0 Å². The predicted octanol–water partition coefficient (Wildman–Crippen LogP) is 1.09. The van der Waals surface area contributed by atoms with Crippen LogP contribution < -0.4 is 0 Å². The minimum Gasteiger partial charge on any atom is -0.369 e. The highest BCUT2D eigenvalue weighted by Crippen LogP contribution is 2.21. The van der Waals surface area contributed by atoms with Gasteiger partial charge in [-0.3, -0.25) is 0 Å². The second-order valence-electron chi connectivity index (χ2n) is 4.66. The lowest BCUT2D eigenvalue weighted by atomic mass is 9.99. The van der Waals surface area contributed by atoms with Crippen molar-refractivity contribution in [1.82, 2.24) is 4.31 Å². The van der Waals surface area contributed by atoms with Crippen LogP contribution in [0.1, 0.15) is 26.7 Å². The van der Waals surface area contributed by atoms with Gasteiger partial charge in [0.25, 0.3) is 0 Å². The Kier molecular flexibility index (Phi) is 5.44. The number of terminal acetylenes is 1. The Bertz CT molecular complexity index is 362. The van der Waals surface area contributed by atoms with Gasteiger partial charge in [-0.05, 0) is 32.6 Å². The fourth-order valence-electron chi connectivity index (χ4n) is 1.91. The maximum Gasteiger partial charge on any atom is 0.216 e. The second-order valence-corrected chi connectivity index (χ2v) is 7.14. The van der Waals surface area contributed by atoms with Crippen molar-refractivity contribution in [2.75, 3.05) is 26.3 Å². The van der Waals surface area contributed by atoms with E-state index in [2.05, 4.69) is 5.92 Å². The molecule has 1 fully saturated rings. The minimum atomic E-state index is -3.09. The lowest BCUT2D eigenvalue weighted by molar-refractivity contribution is 0.101. The van der Waals surface area contributed by atoms with E-state index in [1.54, 1.807) is 18.2 Å². The molecule has 0 bridgehead atoms. The summed E-state index contributed by atoms with van der Waals surface area (Å²) in [7, 11) is -3.09. The van der Waals surface area contributed by atoms with E-state index >= 15 is 0 Å². The molecule has 0 aromatic carbocycles. The number of nitrogens with zero attached hydrogens (tertiary/aromatic N) is 1. The van der Waals surface area contributed by atoms with Crippen molar-refractivity contribution >= 4 is 10.0 Å². The molecule has 0 radical (unpaired) electrons. The molecule has 4 nitrogen and oxygen atoms in total. The monoisotopic (exact) mass is 259 g/mol. The first-order valence-corrected chi connectivity index (χ1v) is 7.49. The quantitative estimate of drug-likeness (QED) is 0.548. The van der Waals surface area contributed by atoms with E-state index in [1.165, 1.54) is 0 Å². The Labute approximate surface area is 104 Å². The molecule has 1 aliphatic heterocycles. The van der Waals surface area contributed by atoms with Crippen LogP contribution in [0.3, 0.4) is 0 Å². The summed E-state index contributed by atoms with van der Waals surface area (Å²) in [5, 5.41) is -0.336. The molecule has 1 aliphatic rings. The standard InChI is InChI=1S/C12H21NO3S/c1-4-9-16-10-12-5-7-13(8-6-12)17(14,15)11(2)3/h1,11-12H,5-10H2,2-3H3. The lowest BCUT2D eigenvalue weighted by Crippen LogP contribution is -2.42. The summed E-state index contributed by atoms with van der Waals surface area (Å²) in [6, 6.07) is 0. The summed E-state index contributed by atoms with van der Waals surface area (Å²) in [6.07, 6.45) is 6.81. The Morgan fingerprint density at radius 3 is 2.47 bits per heavy atom. The van der Waals surface area contributed by atoms with E-state index in [4.69, 9.17) is 11.2 Å². The van der Waals surface area contributed by atoms with Gasteiger partial charge in [0.2, 0.25) is 10.0 Å². The van der Waals surface area contributed by atoms with E-state index in [-0.39, 0.29) is 5.25 Å². The summed E-state index contributed by atoms with van der Waals surface area (Å²) in [5.41, 5.74) is 0. The first kappa shape index (κ1) is 14.5. The third-order valence-electron chi connectivity index (χ3n) is 3.07. The Hall–Kier alpha value is -0.570. The third kappa shape index (κ3) is 3.98. The van der Waals surface area contributed by atoms with Crippen LogP contribution in [0.15, 0.2) is 0 Å². The zero-order valence-corrected chi connectivity index (χ0v) is 11.4. The zero-order valence-electron chi connectivity index (χ0n) is 10.6. The fourth-order valence-corrected chi connectivity index (χ4v) is 3.23. The first-order valence-electron chi connectivity index (χ1n) is 5.98. The molecule has 0 atom stereocenters. The van der Waals surface area contributed by atoms with Crippen LogP contribution in [0.5, 0.6) is 0 Å². The van der Waals surface area contributed by atoms with Crippen molar-refractivity contribution in [2.24, 2.45) is 5.92 Å². The van der Waals surface area contributed by atoms with Gasteiger partial charge >= 0.3 is 0 Å². The SMILES string of the molecule is C#CCOCC1CCN(S(=O)(=O)C(C)C)CC1. The number of sulfonamides is 1. The molecule has 5 heteroatoms. The highest BCUT2D eigenvalue weighted by atomic mass is 32.2. The van der Waals surface area contributed by atoms with E-state index < -0.39 is 10.0 Å². The average Bonchev–Trinajstić information content (AvgIpc) is 2.30. The molecule has 0 unspecified atom stereocenters. The van der Waals surface area contributed by atoms with Crippen molar-refractivity contribution in [2.45, 2.75) is 31.9 Å². The van der Waals surface area contributed by atoms with Crippen LogP contribution >= 0.6 is 0 Å². The van der Waals surface area contributed by atoms with Crippen molar-refractivity contribution in [3.63, 3.8) is 0 Å². The molecule has 0 N–H and O–H groups in total. The third-order valence-corrected chi connectivity index (χ3v) is 5.34. The molecule has 17 heavy (non-hydrogen) atoms. The van der Waals surface area contributed by atoms with Gasteiger partial charge in [-0.1, -0.05) is 5.92 Å². The number of hydrogen-bond acceptors (Lipinski definition) is 3. The largest absolute Gasteiger partial charge is 0.369 e. The van der Waals surface area contributed by atoms with Gasteiger partial charge in [0.1, 0.15) is 6.61 Å². The van der Waals surface area contributed by atoms with Gasteiger partial charge in [-0.2, -0.15) is 0 Å². The highest BCUT2D eigenvalue weighted by Gasteiger charge is 2.29. The average molecular weight is 259 g/mol. The zero-order chi connectivity index (χ0) is 12.9. The van der Waals surface area contributed by atoms with E-state index in [1.807, 2.05) is 0 Å². The summed E-state index contributed by atoms with van der Waals surface area (Å²) >= 11 is 0. The molecule has 0 aliphatic carbocycles. The van der Waals surface area contributed by atoms with Crippen LogP contribution in [-0.4, -0.2) is 44.3 Å². The van der Waals surface area contributed by atoms with Crippen LogP contribution in [0.4, 0.5) is 0 Å². The van der Waals surface area contributed by atoms with Gasteiger partial charge in [0.05, 0.1) is 11.9 Å². The van der Waals surface area contributed by atoms with Gasteiger partial charge in [0.15, 0.2) is 0 Å². The molecule has 0 saturated carbocycles. The predicted molar refractivity (Wildman–Crippen MR) is 68.0 cm³/mol. The van der Waals surface area contributed by atoms with Gasteiger partial charge < -0.3 is 4.74 Å². The summed E-state index contributed by atoms with van der Waals surface area (Å²) in [5.74, 6) is 2.86. The molecule has 0 amide bonds. The molecule has 0 spiro atoms. The molecule has 1 heterocycles. The Morgan fingerprint density at radius 1 is 1.41 bits per heavy atom. The summed E-state index contributed by atoms with van der Waals surface area (Å²) < 4.78 is 30.7. The molecule has 1 saturated heterocycles. The highest BCUT2D eigenvalue weighted by molar-refractivity contribution is 7.89. The van der Waals surface area contributed by atoms with E-state index in [0.717, 1.165) is 12.8 Å². The minimum absolute atomic E-state index is 0.336. The topological polar surface area (TPSA) is 46.6 Å². The lowest BCUT2D eigenvalue weighted by Gasteiger charge is -2.32. The van der Waals surface area contributed by atoms with Gasteiger partial charge in [-0.15, -0.1) is 6.42 Å². The van der Waals surface area contributed by atoms with Crippen molar-refractivity contribution < 1.29 is 13.2 Å². The molecule has 0 aromatic heterocycles. The number of hydrogen-bond donors (Lipinski definition) is 0. The van der Waals surface area contributed by atoms with E-state index in [9.17, 15) is 8.42 Å². The normalized spacial score (nSPS) is 19.4. The summed E-state index contributed by atoms with van der Waals surface area (Å²) in [6.45, 7) is 5.62. The second kappa shape index (κ2) is 6.39. The maximum atomic E-state index is 11.9. The maximum absolute atomic E-state index is 11.9. The Balaban J connectivity index is 2.39. The number of piperidine rings is 1. The van der Waals surface area contributed by atoms with Crippen molar-refractivity contribution in [1.29, 1.82) is 0 Å². The van der Waals surface area contributed by atoms with Crippen LogP contribution in [0.2, 0.25) is 0 Å². The van der Waals surface area contributed by atoms with Gasteiger partial charge in [0, 0.05) is 13.1 Å². The van der Waals surface area contributed by atoms with Gasteiger partial charge in [-0.25, -0.2) is 12.7 Å². The molecular formula is C12H21NO3S. The first-order chi connectivity index (χ1) is 7.98. The molecular weight excluding hydrogens is 238 g/mol. The number of rotatable bonds is 5.